The Morgan fingerprint density at radius 3 is 2.57 bits per heavy atom. The molecule has 0 saturated carbocycles. The molecular formula is C18H25ClO2. The first-order valence-corrected chi connectivity index (χ1v) is 8.21. The van der Waals surface area contributed by atoms with Crippen LogP contribution in [0, 0.1) is 11.8 Å². The van der Waals surface area contributed by atoms with Crippen molar-refractivity contribution in [3.63, 3.8) is 0 Å². The zero-order chi connectivity index (χ0) is 15.3. The Hall–Kier alpha value is -1.33. The van der Waals surface area contributed by atoms with Gasteiger partial charge in [-0.1, -0.05) is 50.9 Å². The van der Waals surface area contributed by atoms with Gasteiger partial charge in [-0.2, -0.15) is 0 Å². The molecule has 0 amide bonds. The van der Waals surface area contributed by atoms with Crippen LogP contribution in [-0.2, 0) is 0 Å². The molecule has 0 N–H and O–H groups in total. The van der Waals surface area contributed by atoms with Crippen molar-refractivity contribution < 1.29 is 9.47 Å². The SMILES string of the molecule is CCCCCCCCOc1ccc(OC)cc1C#CCCl. The maximum Gasteiger partial charge on any atom is 0.135 e. The molecular weight excluding hydrogens is 284 g/mol. The minimum absolute atomic E-state index is 0.314. The van der Waals surface area contributed by atoms with Crippen molar-refractivity contribution in [1.82, 2.24) is 0 Å². The Balaban J connectivity index is 2.46. The van der Waals surface area contributed by atoms with E-state index in [1.807, 2.05) is 18.2 Å². The Morgan fingerprint density at radius 1 is 1.10 bits per heavy atom. The average Bonchev–Trinajstić information content (AvgIpc) is 2.52. The average molecular weight is 309 g/mol. The molecule has 0 aliphatic heterocycles. The molecule has 0 aromatic heterocycles. The number of halogens is 1. The van der Waals surface area contributed by atoms with E-state index in [4.69, 9.17) is 21.1 Å². The molecule has 1 rings (SSSR count). The largest absolute Gasteiger partial charge is 0.497 e. The van der Waals surface area contributed by atoms with Crippen LogP contribution in [0.2, 0.25) is 0 Å². The molecule has 0 atom stereocenters. The van der Waals surface area contributed by atoms with Gasteiger partial charge in [0.25, 0.3) is 0 Å². The van der Waals surface area contributed by atoms with E-state index < -0.39 is 0 Å². The van der Waals surface area contributed by atoms with Crippen LogP contribution in [0.4, 0.5) is 0 Å². The first kappa shape index (κ1) is 17.7. The van der Waals surface area contributed by atoms with E-state index >= 15 is 0 Å². The fraction of sp³-hybridized carbons (Fsp3) is 0.556. The number of benzene rings is 1. The number of methoxy groups -OCH3 is 1. The first-order chi connectivity index (χ1) is 10.3. The highest BCUT2D eigenvalue weighted by atomic mass is 35.5. The third-order valence-corrected chi connectivity index (χ3v) is 3.37. The van der Waals surface area contributed by atoms with Gasteiger partial charge >= 0.3 is 0 Å². The quantitative estimate of drug-likeness (QED) is 0.362. The third kappa shape index (κ3) is 7.29. The fourth-order valence-electron chi connectivity index (χ4n) is 2.05. The van der Waals surface area contributed by atoms with Gasteiger partial charge in [-0.05, 0) is 24.6 Å². The summed E-state index contributed by atoms with van der Waals surface area (Å²) in [6.07, 6.45) is 7.53. The molecule has 0 saturated heterocycles. The van der Waals surface area contributed by atoms with Gasteiger partial charge in [-0.15, -0.1) is 11.6 Å². The van der Waals surface area contributed by atoms with E-state index in [0.29, 0.717) is 5.88 Å². The van der Waals surface area contributed by atoms with Crippen LogP contribution < -0.4 is 9.47 Å². The minimum Gasteiger partial charge on any atom is -0.497 e. The van der Waals surface area contributed by atoms with Gasteiger partial charge in [0.2, 0.25) is 0 Å². The van der Waals surface area contributed by atoms with Crippen LogP contribution in [0.1, 0.15) is 51.0 Å². The lowest BCUT2D eigenvalue weighted by atomic mass is 10.1. The van der Waals surface area contributed by atoms with Crippen LogP contribution in [0.5, 0.6) is 11.5 Å². The lowest BCUT2D eigenvalue weighted by Crippen LogP contribution is -1.99. The second-order valence-electron chi connectivity index (χ2n) is 4.91. The molecule has 0 bridgehead atoms. The van der Waals surface area contributed by atoms with Crippen LogP contribution in [-0.4, -0.2) is 19.6 Å². The lowest BCUT2D eigenvalue weighted by molar-refractivity contribution is 0.303. The molecule has 0 fully saturated rings. The van der Waals surface area contributed by atoms with Crippen LogP contribution >= 0.6 is 11.6 Å². The molecule has 3 heteroatoms. The van der Waals surface area contributed by atoms with Crippen molar-refractivity contribution in [2.45, 2.75) is 45.4 Å². The summed E-state index contributed by atoms with van der Waals surface area (Å²) in [5.41, 5.74) is 0.834. The van der Waals surface area contributed by atoms with Crippen molar-refractivity contribution in [2.75, 3.05) is 19.6 Å². The molecule has 116 valence electrons. The van der Waals surface area contributed by atoms with Gasteiger partial charge in [0.1, 0.15) is 11.5 Å². The maximum absolute atomic E-state index is 5.84. The number of hydrogen-bond donors (Lipinski definition) is 0. The predicted molar refractivity (Wildman–Crippen MR) is 89.5 cm³/mol. The van der Waals surface area contributed by atoms with Crippen molar-refractivity contribution >= 4 is 11.6 Å². The smallest absolute Gasteiger partial charge is 0.135 e. The summed E-state index contributed by atoms with van der Waals surface area (Å²) < 4.78 is 11.1. The lowest BCUT2D eigenvalue weighted by Gasteiger charge is -2.09. The molecule has 0 radical (unpaired) electrons. The predicted octanol–water partition coefficient (Wildman–Crippen LogP) is 5.02. The van der Waals surface area contributed by atoms with Crippen molar-refractivity contribution in [3.8, 4) is 23.3 Å². The number of hydrogen-bond acceptors (Lipinski definition) is 2. The van der Waals surface area contributed by atoms with Gasteiger partial charge in [0.15, 0.2) is 0 Å². The van der Waals surface area contributed by atoms with Gasteiger partial charge < -0.3 is 9.47 Å². The summed E-state index contributed by atoms with van der Waals surface area (Å²) >= 11 is 5.62. The van der Waals surface area contributed by atoms with E-state index in [1.165, 1.54) is 32.1 Å². The maximum atomic E-state index is 5.84. The molecule has 1 aromatic rings. The van der Waals surface area contributed by atoms with Gasteiger partial charge in [-0.25, -0.2) is 0 Å². The second kappa shape index (κ2) is 11.3. The zero-order valence-electron chi connectivity index (χ0n) is 13.1. The number of rotatable bonds is 9. The van der Waals surface area contributed by atoms with E-state index in [0.717, 1.165) is 30.1 Å². The van der Waals surface area contributed by atoms with E-state index in [9.17, 15) is 0 Å². The fourth-order valence-corrected chi connectivity index (χ4v) is 2.12. The molecule has 0 spiro atoms. The number of ether oxygens (including phenoxy) is 2. The second-order valence-corrected chi connectivity index (χ2v) is 5.18. The number of unbranched alkanes of at least 4 members (excludes halogenated alkanes) is 5. The van der Waals surface area contributed by atoms with Crippen LogP contribution in [0.15, 0.2) is 18.2 Å². The highest BCUT2D eigenvalue weighted by molar-refractivity contribution is 6.19. The van der Waals surface area contributed by atoms with E-state index in [2.05, 4.69) is 18.8 Å². The van der Waals surface area contributed by atoms with Crippen LogP contribution in [0.3, 0.4) is 0 Å². The monoisotopic (exact) mass is 308 g/mol. The zero-order valence-corrected chi connectivity index (χ0v) is 13.8. The van der Waals surface area contributed by atoms with Crippen molar-refractivity contribution in [3.05, 3.63) is 23.8 Å². The highest BCUT2D eigenvalue weighted by Gasteiger charge is 2.03. The Morgan fingerprint density at radius 2 is 1.86 bits per heavy atom. The van der Waals surface area contributed by atoms with Gasteiger partial charge in [0.05, 0.1) is 25.2 Å². The van der Waals surface area contributed by atoms with Gasteiger partial charge in [0, 0.05) is 0 Å². The Labute approximate surface area is 133 Å². The van der Waals surface area contributed by atoms with Gasteiger partial charge in [-0.3, -0.25) is 0 Å². The molecule has 21 heavy (non-hydrogen) atoms. The summed E-state index contributed by atoms with van der Waals surface area (Å²) in [5, 5.41) is 0. The first-order valence-electron chi connectivity index (χ1n) is 7.67. The summed E-state index contributed by atoms with van der Waals surface area (Å²) in [6.45, 7) is 2.96. The van der Waals surface area contributed by atoms with E-state index in [-0.39, 0.29) is 0 Å². The number of alkyl halides is 1. The highest BCUT2D eigenvalue weighted by Crippen LogP contribution is 2.23. The summed E-state index contributed by atoms with van der Waals surface area (Å²) in [4.78, 5) is 0. The summed E-state index contributed by atoms with van der Waals surface area (Å²) in [5.74, 6) is 7.78. The summed E-state index contributed by atoms with van der Waals surface area (Å²) in [6, 6.07) is 5.69. The molecule has 0 aliphatic carbocycles. The normalized spacial score (nSPS) is 9.86. The third-order valence-electron chi connectivity index (χ3n) is 3.23. The van der Waals surface area contributed by atoms with Crippen molar-refractivity contribution in [1.29, 1.82) is 0 Å². The van der Waals surface area contributed by atoms with Crippen molar-refractivity contribution in [2.24, 2.45) is 0 Å². The Kier molecular flexibility index (Phi) is 9.57. The molecule has 0 heterocycles. The Bertz CT molecular complexity index is 460. The van der Waals surface area contributed by atoms with Crippen LogP contribution in [0.25, 0.3) is 0 Å². The topological polar surface area (TPSA) is 18.5 Å². The standard InChI is InChI=1S/C18H25ClO2/c1-3-4-5-6-7-8-14-21-18-12-11-17(20-2)15-16(18)10-9-13-19/h11-12,15H,3-8,13-14H2,1-2H3. The molecule has 2 nitrogen and oxygen atoms in total. The van der Waals surface area contributed by atoms with E-state index in [1.54, 1.807) is 7.11 Å². The summed E-state index contributed by atoms with van der Waals surface area (Å²) in [7, 11) is 1.64. The minimum atomic E-state index is 0.314. The molecule has 1 aromatic carbocycles. The molecule has 0 aliphatic rings. The molecule has 0 unspecified atom stereocenters.